The number of hydrogen-bond acceptors (Lipinski definition) is 3. The van der Waals surface area contributed by atoms with Crippen LogP contribution in [0.2, 0.25) is 0 Å². The van der Waals surface area contributed by atoms with Crippen molar-refractivity contribution in [3.63, 3.8) is 0 Å². The molecule has 0 radical (unpaired) electrons. The third kappa shape index (κ3) is 1.91. The first kappa shape index (κ1) is 7.50. The maximum atomic E-state index is 4.01. The van der Waals surface area contributed by atoms with Gasteiger partial charge in [0.25, 0.3) is 0 Å². The van der Waals surface area contributed by atoms with E-state index in [1.807, 2.05) is 0 Å². The van der Waals surface area contributed by atoms with Crippen molar-refractivity contribution in [3.05, 3.63) is 42.5 Å². The predicted molar refractivity (Wildman–Crippen MR) is 46.6 cm³/mol. The second-order valence-corrected chi connectivity index (χ2v) is 2.31. The van der Waals surface area contributed by atoms with Crippen molar-refractivity contribution >= 4 is 0 Å². The van der Waals surface area contributed by atoms with Crippen LogP contribution in [0.5, 0.6) is 0 Å². The molecule has 2 heterocycles. The molecule has 0 aliphatic heterocycles. The van der Waals surface area contributed by atoms with Crippen LogP contribution in [-0.2, 0) is 0 Å². The molecular weight excluding hydrogens is 164 g/mol. The van der Waals surface area contributed by atoms with E-state index in [2.05, 4.69) is 31.8 Å². The lowest BCUT2D eigenvalue weighted by molar-refractivity contribution is 1.17. The molecule has 2 rings (SSSR count). The summed E-state index contributed by atoms with van der Waals surface area (Å²) >= 11 is 0. The Labute approximate surface area is 75.1 Å². The zero-order valence-electron chi connectivity index (χ0n) is 6.73. The molecule has 0 fully saturated rings. The Kier molecular flexibility index (Phi) is 2.02. The van der Waals surface area contributed by atoms with Gasteiger partial charge in [-0.15, -0.1) is 0 Å². The lowest BCUT2D eigenvalue weighted by atomic mass is 10.4. The van der Waals surface area contributed by atoms with E-state index in [0.29, 0.717) is 5.69 Å². The topological polar surface area (TPSA) is 54.5 Å². The van der Waals surface area contributed by atoms with Crippen LogP contribution in [0, 0.1) is 11.8 Å². The van der Waals surface area contributed by atoms with Gasteiger partial charge in [-0.2, -0.15) is 0 Å². The molecule has 4 heteroatoms. The average Bonchev–Trinajstić information content (AvgIpc) is 2.69. The van der Waals surface area contributed by atoms with Gasteiger partial charge in [-0.25, -0.2) is 9.97 Å². The van der Waals surface area contributed by atoms with Gasteiger partial charge in [0, 0.05) is 12.4 Å². The smallest absolute Gasteiger partial charge is 0.131 e. The van der Waals surface area contributed by atoms with E-state index in [1.54, 1.807) is 31.1 Å². The van der Waals surface area contributed by atoms with E-state index in [9.17, 15) is 0 Å². The number of H-pyrrole nitrogens is 1. The monoisotopic (exact) mass is 170 g/mol. The van der Waals surface area contributed by atoms with Crippen LogP contribution in [0.1, 0.15) is 11.4 Å². The van der Waals surface area contributed by atoms with Crippen molar-refractivity contribution in [1.29, 1.82) is 0 Å². The van der Waals surface area contributed by atoms with Gasteiger partial charge in [0.1, 0.15) is 11.4 Å². The first-order chi connectivity index (χ1) is 6.45. The molecule has 0 unspecified atom stereocenters. The summed E-state index contributed by atoms with van der Waals surface area (Å²) in [7, 11) is 0. The Bertz CT molecular complexity index is 422. The van der Waals surface area contributed by atoms with Crippen LogP contribution >= 0.6 is 0 Å². The average molecular weight is 170 g/mol. The van der Waals surface area contributed by atoms with Crippen molar-refractivity contribution in [2.24, 2.45) is 0 Å². The van der Waals surface area contributed by atoms with Gasteiger partial charge in [-0.05, 0) is 11.8 Å². The third-order valence-corrected chi connectivity index (χ3v) is 1.39. The van der Waals surface area contributed by atoms with Crippen LogP contribution in [0.3, 0.4) is 0 Å². The molecule has 0 spiro atoms. The van der Waals surface area contributed by atoms with E-state index in [-0.39, 0.29) is 0 Å². The molecule has 0 aliphatic carbocycles. The molecular formula is C9H6N4. The van der Waals surface area contributed by atoms with Gasteiger partial charge in [-0.1, -0.05) is 0 Å². The molecule has 62 valence electrons. The molecule has 0 saturated heterocycles. The number of hydrogen-bond donors (Lipinski definition) is 1. The van der Waals surface area contributed by atoms with Gasteiger partial charge in [0.2, 0.25) is 0 Å². The summed E-state index contributed by atoms with van der Waals surface area (Å²) in [4.78, 5) is 14.6. The van der Waals surface area contributed by atoms with Crippen LogP contribution in [-0.4, -0.2) is 19.9 Å². The fraction of sp³-hybridized carbons (Fsp3) is 0. The Morgan fingerprint density at radius 3 is 2.77 bits per heavy atom. The molecule has 0 aromatic carbocycles. The molecule has 0 atom stereocenters. The van der Waals surface area contributed by atoms with E-state index < -0.39 is 0 Å². The van der Waals surface area contributed by atoms with Crippen LogP contribution < -0.4 is 0 Å². The summed E-state index contributed by atoms with van der Waals surface area (Å²) in [6.07, 6.45) is 8.08. The van der Waals surface area contributed by atoms with E-state index in [4.69, 9.17) is 0 Å². The second-order valence-electron chi connectivity index (χ2n) is 2.31. The molecule has 13 heavy (non-hydrogen) atoms. The summed E-state index contributed by atoms with van der Waals surface area (Å²) in [6.45, 7) is 0. The van der Waals surface area contributed by atoms with Crippen molar-refractivity contribution in [2.45, 2.75) is 0 Å². The Hall–Kier alpha value is -2.15. The Morgan fingerprint density at radius 1 is 1.08 bits per heavy atom. The Balaban J connectivity index is 2.23. The zero-order chi connectivity index (χ0) is 8.93. The largest absolute Gasteiger partial charge is 0.338 e. The fourth-order valence-corrected chi connectivity index (χ4v) is 0.819. The van der Waals surface area contributed by atoms with Crippen molar-refractivity contribution in [2.75, 3.05) is 0 Å². The second kappa shape index (κ2) is 3.50. The van der Waals surface area contributed by atoms with Crippen LogP contribution in [0.15, 0.2) is 31.1 Å². The number of rotatable bonds is 0. The zero-order valence-corrected chi connectivity index (χ0v) is 6.73. The normalized spacial score (nSPS) is 8.92. The molecule has 2 aromatic heterocycles. The molecule has 4 nitrogen and oxygen atoms in total. The predicted octanol–water partition coefficient (Wildman–Crippen LogP) is 0.599. The number of aromatic nitrogens is 4. The minimum atomic E-state index is 0.650. The number of nitrogens with one attached hydrogen (secondary N) is 1. The lowest BCUT2D eigenvalue weighted by Crippen LogP contribution is -1.82. The van der Waals surface area contributed by atoms with E-state index >= 15 is 0 Å². The number of imidazole rings is 1. The molecule has 0 amide bonds. The maximum absolute atomic E-state index is 4.01. The Morgan fingerprint density at radius 2 is 2.08 bits per heavy atom. The van der Waals surface area contributed by atoms with Crippen molar-refractivity contribution < 1.29 is 0 Å². The highest BCUT2D eigenvalue weighted by molar-refractivity contribution is 5.33. The van der Waals surface area contributed by atoms with Crippen molar-refractivity contribution in [3.8, 4) is 11.8 Å². The lowest BCUT2D eigenvalue weighted by Gasteiger charge is -1.83. The highest BCUT2D eigenvalue weighted by atomic mass is 14.8. The third-order valence-electron chi connectivity index (χ3n) is 1.39. The number of aromatic amines is 1. The van der Waals surface area contributed by atoms with E-state index in [0.717, 1.165) is 5.69 Å². The van der Waals surface area contributed by atoms with Gasteiger partial charge < -0.3 is 4.98 Å². The van der Waals surface area contributed by atoms with Gasteiger partial charge in [0.05, 0.1) is 18.7 Å². The first-order valence-electron chi connectivity index (χ1n) is 3.71. The summed E-state index contributed by atoms with van der Waals surface area (Å²) in [6, 6.07) is 0. The highest BCUT2D eigenvalue weighted by Gasteiger charge is 1.86. The minimum absolute atomic E-state index is 0.650. The molecule has 0 aliphatic rings. The molecule has 2 aromatic rings. The van der Waals surface area contributed by atoms with Gasteiger partial charge in [0.15, 0.2) is 0 Å². The van der Waals surface area contributed by atoms with Crippen molar-refractivity contribution in [1.82, 2.24) is 19.9 Å². The molecule has 0 bridgehead atoms. The summed E-state index contributed by atoms with van der Waals surface area (Å²) in [5, 5.41) is 0. The first-order valence-corrected chi connectivity index (χ1v) is 3.71. The maximum Gasteiger partial charge on any atom is 0.131 e. The summed E-state index contributed by atoms with van der Waals surface area (Å²) in [5.74, 6) is 5.72. The van der Waals surface area contributed by atoms with Gasteiger partial charge in [-0.3, -0.25) is 4.98 Å². The molecule has 1 N–H and O–H groups in total. The highest BCUT2D eigenvalue weighted by Crippen LogP contribution is 1.89. The quantitative estimate of drug-likeness (QED) is 0.589. The minimum Gasteiger partial charge on any atom is -0.338 e. The fourth-order valence-electron chi connectivity index (χ4n) is 0.819. The van der Waals surface area contributed by atoms with E-state index in [1.165, 1.54) is 0 Å². The number of nitrogens with zero attached hydrogens (tertiary/aromatic N) is 3. The summed E-state index contributed by atoms with van der Waals surface area (Å²) < 4.78 is 0. The SMILES string of the molecule is C(#Cc1cnc[nH]1)c1cnccn1. The van der Waals surface area contributed by atoms with Gasteiger partial charge >= 0.3 is 0 Å². The summed E-state index contributed by atoms with van der Waals surface area (Å²) in [5.41, 5.74) is 1.42. The molecule has 0 saturated carbocycles. The van der Waals surface area contributed by atoms with Crippen LogP contribution in [0.4, 0.5) is 0 Å². The standard InChI is InChI=1S/C9H6N4/c1(2-9-6-11-7-13-9)8-5-10-3-4-12-8/h3-7H,(H,11,13). The van der Waals surface area contributed by atoms with Crippen LogP contribution in [0.25, 0.3) is 0 Å².